The molecule has 1 aliphatic heterocycles. The molecule has 7 heteroatoms. The summed E-state index contributed by atoms with van der Waals surface area (Å²) >= 11 is 1.66. The summed E-state index contributed by atoms with van der Waals surface area (Å²) in [6, 6.07) is 10.8. The molecule has 0 saturated heterocycles. The standard InChI is InChI=1S/C20H17N3O3S/c24-12-4-1-3-10(7-12)16-17-13(21-19-18(16)20(26)23-22-19)8-11(9-14(17)25)15-5-2-6-27-15/h1-7,11,16,24H,8-9H2,(H3,21,22,23,26). The number of benzene rings is 1. The summed E-state index contributed by atoms with van der Waals surface area (Å²) < 4.78 is 0. The number of ketones is 1. The van der Waals surface area contributed by atoms with Gasteiger partial charge < -0.3 is 10.4 Å². The molecule has 0 amide bonds. The third kappa shape index (κ3) is 2.54. The first-order chi connectivity index (χ1) is 13.1. The minimum Gasteiger partial charge on any atom is -0.508 e. The predicted molar refractivity (Wildman–Crippen MR) is 103 cm³/mol. The van der Waals surface area contributed by atoms with E-state index < -0.39 is 5.92 Å². The van der Waals surface area contributed by atoms with Crippen LogP contribution >= 0.6 is 11.3 Å². The molecule has 2 atom stereocenters. The average molecular weight is 379 g/mol. The molecule has 2 aliphatic rings. The number of thiophene rings is 1. The van der Waals surface area contributed by atoms with Crippen molar-refractivity contribution in [3.8, 4) is 5.75 Å². The van der Waals surface area contributed by atoms with Gasteiger partial charge in [-0.25, -0.2) is 0 Å². The molecule has 5 rings (SSSR count). The van der Waals surface area contributed by atoms with E-state index in [9.17, 15) is 14.7 Å². The van der Waals surface area contributed by atoms with Crippen LogP contribution in [0.2, 0.25) is 0 Å². The number of nitrogens with one attached hydrogen (secondary N) is 3. The molecule has 2 aromatic heterocycles. The fourth-order valence-electron chi connectivity index (χ4n) is 4.18. The predicted octanol–water partition coefficient (Wildman–Crippen LogP) is 3.43. The number of fused-ring (bicyclic) bond motifs is 1. The van der Waals surface area contributed by atoms with Gasteiger partial charge in [0.1, 0.15) is 11.6 Å². The van der Waals surface area contributed by atoms with Crippen molar-refractivity contribution in [3.63, 3.8) is 0 Å². The highest BCUT2D eigenvalue weighted by atomic mass is 32.1. The van der Waals surface area contributed by atoms with E-state index in [4.69, 9.17) is 0 Å². The highest BCUT2D eigenvalue weighted by Gasteiger charge is 2.40. The lowest BCUT2D eigenvalue weighted by Crippen LogP contribution is -2.31. The smallest absolute Gasteiger partial charge is 0.270 e. The summed E-state index contributed by atoms with van der Waals surface area (Å²) in [5.74, 6) is 0.394. The summed E-state index contributed by atoms with van der Waals surface area (Å²) in [6.45, 7) is 0. The van der Waals surface area contributed by atoms with E-state index in [2.05, 4.69) is 21.6 Å². The molecular weight excluding hydrogens is 362 g/mol. The first-order valence-electron chi connectivity index (χ1n) is 8.78. The Hall–Kier alpha value is -3.06. The zero-order valence-corrected chi connectivity index (χ0v) is 15.1. The van der Waals surface area contributed by atoms with E-state index in [1.165, 1.54) is 4.88 Å². The van der Waals surface area contributed by atoms with Crippen molar-refractivity contribution < 1.29 is 9.90 Å². The van der Waals surface area contributed by atoms with Gasteiger partial charge in [-0.3, -0.25) is 19.8 Å². The average Bonchev–Trinajstić information content (AvgIpc) is 3.30. The van der Waals surface area contributed by atoms with Crippen LogP contribution in [0.3, 0.4) is 0 Å². The summed E-state index contributed by atoms with van der Waals surface area (Å²) in [6.07, 6.45) is 1.14. The van der Waals surface area contributed by atoms with Crippen LogP contribution in [0.4, 0.5) is 5.82 Å². The molecule has 0 fully saturated rings. The lowest BCUT2D eigenvalue weighted by molar-refractivity contribution is -0.116. The fraction of sp³-hybridized carbons (Fsp3) is 0.200. The Morgan fingerprint density at radius 2 is 1.96 bits per heavy atom. The Kier molecular flexibility index (Phi) is 3.58. The van der Waals surface area contributed by atoms with E-state index in [0.29, 0.717) is 29.8 Å². The molecular formula is C20H17N3O3S. The Bertz CT molecular complexity index is 1120. The summed E-state index contributed by atoms with van der Waals surface area (Å²) in [4.78, 5) is 26.8. The monoisotopic (exact) mass is 379 g/mol. The van der Waals surface area contributed by atoms with Crippen molar-refractivity contribution in [3.05, 3.63) is 79.4 Å². The molecule has 0 spiro atoms. The van der Waals surface area contributed by atoms with Crippen LogP contribution in [0.25, 0.3) is 0 Å². The molecule has 3 heterocycles. The first kappa shape index (κ1) is 16.1. The number of H-pyrrole nitrogens is 2. The molecule has 0 saturated carbocycles. The van der Waals surface area contributed by atoms with E-state index in [0.717, 1.165) is 11.3 Å². The van der Waals surface area contributed by atoms with Gasteiger partial charge in [0.15, 0.2) is 5.78 Å². The minimum absolute atomic E-state index is 0.0433. The molecule has 27 heavy (non-hydrogen) atoms. The van der Waals surface area contributed by atoms with Crippen LogP contribution in [0.5, 0.6) is 5.75 Å². The van der Waals surface area contributed by atoms with Gasteiger partial charge in [0, 0.05) is 34.4 Å². The summed E-state index contributed by atoms with van der Waals surface area (Å²) in [5, 5.41) is 20.7. The number of carbonyl (C=O) groups is 1. The number of Topliss-reactive ketones (excluding diaryl/α,β-unsaturated/α-hetero) is 1. The van der Waals surface area contributed by atoms with E-state index >= 15 is 0 Å². The maximum atomic E-state index is 13.2. The van der Waals surface area contributed by atoms with E-state index in [-0.39, 0.29) is 23.0 Å². The van der Waals surface area contributed by atoms with E-state index in [1.807, 2.05) is 17.5 Å². The van der Waals surface area contributed by atoms with Crippen LogP contribution in [-0.2, 0) is 4.79 Å². The van der Waals surface area contributed by atoms with Gasteiger partial charge in [-0.15, -0.1) is 11.3 Å². The van der Waals surface area contributed by atoms with Crippen molar-refractivity contribution >= 4 is 22.9 Å². The van der Waals surface area contributed by atoms with Gasteiger partial charge in [0.2, 0.25) is 0 Å². The molecule has 4 N–H and O–H groups in total. The second-order valence-electron chi connectivity index (χ2n) is 6.96. The quantitative estimate of drug-likeness (QED) is 0.548. The highest BCUT2D eigenvalue weighted by molar-refractivity contribution is 7.10. The topological polar surface area (TPSA) is 98.0 Å². The van der Waals surface area contributed by atoms with Gasteiger partial charge in [-0.05, 0) is 35.6 Å². The number of hydrogen-bond donors (Lipinski definition) is 4. The van der Waals surface area contributed by atoms with Crippen molar-refractivity contribution in [2.75, 3.05) is 5.32 Å². The first-order valence-corrected chi connectivity index (χ1v) is 9.66. The summed E-state index contributed by atoms with van der Waals surface area (Å²) in [7, 11) is 0. The zero-order valence-electron chi connectivity index (χ0n) is 14.3. The molecule has 0 bridgehead atoms. The second-order valence-corrected chi connectivity index (χ2v) is 7.94. The zero-order chi connectivity index (χ0) is 18.5. The maximum Gasteiger partial charge on any atom is 0.270 e. The molecule has 1 aromatic carbocycles. The van der Waals surface area contributed by atoms with Crippen LogP contribution in [0.15, 0.2) is 57.8 Å². The van der Waals surface area contributed by atoms with Crippen LogP contribution in [0, 0.1) is 0 Å². The molecule has 1 aliphatic carbocycles. The normalized spacial score (nSPS) is 21.6. The van der Waals surface area contributed by atoms with Gasteiger partial charge in [-0.1, -0.05) is 18.2 Å². The number of phenols is 1. The number of aromatic amines is 2. The number of hydrogen-bond acceptors (Lipinski definition) is 5. The van der Waals surface area contributed by atoms with Crippen molar-refractivity contribution in [1.82, 2.24) is 10.2 Å². The third-order valence-corrected chi connectivity index (χ3v) is 6.36. The lowest BCUT2D eigenvalue weighted by Gasteiger charge is -2.34. The number of anilines is 1. The molecule has 136 valence electrons. The Labute approximate surface area is 158 Å². The second kappa shape index (κ2) is 5.99. The lowest BCUT2D eigenvalue weighted by atomic mass is 9.74. The molecule has 2 unspecified atom stereocenters. The molecule has 6 nitrogen and oxygen atoms in total. The maximum absolute atomic E-state index is 13.2. The van der Waals surface area contributed by atoms with E-state index in [1.54, 1.807) is 29.5 Å². The highest BCUT2D eigenvalue weighted by Crippen LogP contribution is 2.47. The van der Waals surface area contributed by atoms with Crippen molar-refractivity contribution in [2.24, 2.45) is 0 Å². The summed E-state index contributed by atoms with van der Waals surface area (Å²) in [5.41, 5.74) is 2.44. The van der Waals surface area contributed by atoms with Gasteiger partial charge >= 0.3 is 0 Å². The van der Waals surface area contributed by atoms with Gasteiger partial charge in [-0.2, -0.15) is 0 Å². The third-order valence-electron chi connectivity index (χ3n) is 5.33. The number of rotatable bonds is 2. The van der Waals surface area contributed by atoms with Crippen LogP contribution in [0.1, 0.15) is 40.7 Å². The number of aromatic hydroxyl groups is 1. The largest absolute Gasteiger partial charge is 0.508 e. The molecule has 3 aromatic rings. The molecule has 0 radical (unpaired) electrons. The van der Waals surface area contributed by atoms with Crippen molar-refractivity contribution in [1.29, 1.82) is 0 Å². The van der Waals surface area contributed by atoms with Crippen LogP contribution in [-0.4, -0.2) is 21.1 Å². The Balaban J connectivity index is 1.67. The number of carbonyl (C=O) groups excluding carboxylic acids is 1. The minimum atomic E-state index is -0.491. The van der Waals surface area contributed by atoms with Gasteiger partial charge in [0.05, 0.1) is 5.56 Å². The Morgan fingerprint density at radius 3 is 2.74 bits per heavy atom. The number of phenolic OH excluding ortho intramolecular Hbond substituents is 1. The SMILES string of the molecule is O=C1CC(c2cccs2)CC2=C1C(c1cccc(O)c1)c1c([nH][nH]c1=O)N2. The Morgan fingerprint density at radius 1 is 1.07 bits per heavy atom. The fourth-order valence-corrected chi connectivity index (χ4v) is 5.01. The number of allylic oxidation sites excluding steroid dienone is 2. The van der Waals surface area contributed by atoms with Crippen LogP contribution < -0.4 is 10.9 Å². The number of aromatic nitrogens is 2. The van der Waals surface area contributed by atoms with Gasteiger partial charge in [0.25, 0.3) is 5.56 Å². The van der Waals surface area contributed by atoms with Crippen molar-refractivity contribution in [2.45, 2.75) is 24.7 Å².